The third-order valence-corrected chi connectivity index (χ3v) is 4.44. The molecule has 2 aromatic carbocycles. The van der Waals surface area contributed by atoms with E-state index < -0.39 is 0 Å². The molecular weight excluding hydrogens is 349 g/mol. The van der Waals surface area contributed by atoms with Gasteiger partial charge >= 0.3 is 0 Å². The minimum absolute atomic E-state index is 0.126. The van der Waals surface area contributed by atoms with E-state index in [1.54, 1.807) is 19.2 Å². The van der Waals surface area contributed by atoms with Crippen LogP contribution in [-0.4, -0.2) is 32.3 Å². The van der Waals surface area contributed by atoms with Crippen molar-refractivity contribution in [2.24, 2.45) is 0 Å². The lowest BCUT2D eigenvalue weighted by molar-refractivity contribution is -0.120. The molecule has 2 aromatic rings. The van der Waals surface area contributed by atoms with Gasteiger partial charge in [-0.25, -0.2) is 4.39 Å². The summed E-state index contributed by atoms with van der Waals surface area (Å²) in [5.74, 6) is 0.847. The van der Waals surface area contributed by atoms with Gasteiger partial charge in [-0.05, 0) is 48.2 Å². The van der Waals surface area contributed by atoms with Gasteiger partial charge in [0.1, 0.15) is 12.4 Å². The lowest BCUT2D eigenvalue weighted by Gasteiger charge is -2.15. The first-order chi connectivity index (χ1) is 13.1. The minimum Gasteiger partial charge on any atom is -0.493 e. The van der Waals surface area contributed by atoms with Crippen molar-refractivity contribution >= 4 is 5.91 Å². The predicted molar refractivity (Wildman–Crippen MR) is 99.4 cm³/mol. The third kappa shape index (κ3) is 5.69. The minimum atomic E-state index is -0.312. The molecule has 0 bridgehead atoms. The Kier molecular flexibility index (Phi) is 6.65. The van der Waals surface area contributed by atoms with Gasteiger partial charge in [-0.3, -0.25) is 4.79 Å². The van der Waals surface area contributed by atoms with E-state index in [0.717, 1.165) is 30.6 Å². The molecular formula is C21H24FNO4. The fourth-order valence-electron chi connectivity index (χ4n) is 2.95. The number of carbonyl (C=O) groups excluding carboxylic acids is 1. The van der Waals surface area contributed by atoms with Crippen molar-refractivity contribution < 1.29 is 23.4 Å². The average molecular weight is 373 g/mol. The molecule has 0 unspecified atom stereocenters. The van der Waals surface area contributed by atoms with Crippen LogP contribution < -0.4 is 14.8 Å². The van der Waals surface area contributed by atoms with E-state index in [-0.39, 0.29) is 24.2 Å². The fourth-order valence-corrected chi connectivity index (χ4v) is 2.95. The smallest absolute Gasteiger partial charge is 0.224 e. The number of carbonyl (C=O) groups is 1. The van der Waals surface area contributed by atoms with E-state index in [2.05, 4.69) is 5.32 Å². The summed E-state index contributed by atoms with van der Waals surface area (Å²) in [5.41, 5.74) is 1.67. The van der Waals surface area contributed by atoms with Crippen molar-refractivity contribution in [1.29, 1.82) is 0 Å². The van der Waals surface area contributed by atoms with Crippen LogP contribution >= 0.6 is 0 Å². The number of amides is 1. The number of halogens is 1. The second-order valence-corrected chi connectivity index (χ2v) is 6.51. The summed E-state index contributed by atoms with van der Waals surface area (Å²) < 4.78 is 29.7. The standard InChI is InChI=1S/C21H24FNO4/c1-25-20-11-16(6-9-19(20)27-14-18-3-2-10-26-18)13-23-21(24)12-15-4-7-17(22)8-5-15/h4-9,11,18H,2-3,10,12-14H2,1H3,(H,23,24)/t18-/m0/s1. The molecule has 0 saturated carbocycles. The van der Waals surface area contributed by atoms with E-state index in [9.17, 15) is 9.18 Å². The Labute approximate surface area is 158 Å². The Morgan fingerprint density at radius 1 is 1.19 bits per heavy atom. The molecule has 27 heavy (non-hydrogen) atoms. The average Bonchev–Trinajstić information content (AvgIpc) is 3.20. The van der Waals surface area contributed by atoms with E-state index in [1.165, 1.54) is 12.1 Å². The summed E-state index contributed by atoms with van der Waals surface area (Å²) in [5, 5.41) is 2.86. The van der Waals surface area contributed by atoms with E-state index in [0.29, 0.717) is 24.7 Å². The van der Waals surface area contributed by atoms with E-state index >= 15 is 0 Å². The van der Waals surface area contributed by atoms with Crippen LogP contribution in [-0.2, 0) is 22.5 Å². The Balaban J connectivity index is 1.51. The Morgan fingerprint density at radius 2 is 1.96 bits per heavy atom. The number of methoxy groups -OCH3 is 1. The zero-order chi connectivity index (χ0) is 19.1. The Hall–Kier alpha value is -2.60. The maximum absolute atomic E-state index is 12.9. The van der Waals surface area contributed by atoms with Gasteiger partial charge in [0.25, 0.3) is 0 Å². The molecule has 6 heteroatoms. The second-order valence-electron chi connectivity index (χ2n) is 6.51. The summed E-state index contributed by atoms with van der Waals surface area (Å²) in [6, 6.07) is 11.5. The molecule has 1 saturated heterocycles. The van der Waals surface area contributed by atoms with Crippen LogP contribution in [0.4, 0.5) is 4.39 Å². The van der Waals surface area contributed by atoms with Crippen LogP contribution in [0, 0.1) is 5.82 Å². The maximum atomic E-state index is 12.9. The van der Waals surface area contributed by atoms with Crippen molar-refractivity contribution in [3.8, 4) is 11.5 Å². The normalized spacial score (nSPS) is 16.1. The molecule has 1 fully saturated rings. The third-order valence-electron chi connectivity index (χ3n) is 4.44. The van der Waals surface area contributed by atoms with Crippen molar-refractivity contribution in [2.75, 3.05) is 20.3 Å². The molecule has 5 nitrogen and oxygen atoms in total. The van der Waals surface area contributed by atoms with Crippen molar-refractivity contribution in [1.82, 2.24) is 5.32 Å². The molecule has 1 heterocycles. The van der Waals surface area contributed by atoms with Crippen LogP contribution in [0.25, 0.3) is 0 Å². The molecule has 1 aliphatic heterocycles. The SMILES string of the molecule is COc1cc(CNC(=O)Cc2ccc(F)cc2)ccc1OC[C@@H]1CCCO1. The molecule has 144 valence electrons. The first-order valence-corrected chi connectivity index (χ1v) is 9.06. The monoisotopic (exact) mass is 373 g/mol. The maximum Gasteiger partial charge on any atom is 0.224 e. The zero-order valence-electron chi connectivity index (χ0n) is 15.4. The topological polar surface area (TPSA) is 56.8 Å². The Bertz CT molecular complexity index is 757. The van der Waals surface area contributed by atoms with Crippen LogP contribution in [0.15, 0.2) is 42.5 Å². The van der Waals surface area contributed by atoms with Crippen LogP contribution in [0.1, 0.15) is 24.0 Å². The highest BCUT2D eigenvalue weighted by Gasteiger charge is 2.17. The molecule has 1 N–H and O–H groups in total. The predicted octanol–water partition coefficient (Wildman–Crippen LogP) is 3.25. The number of hydrogen-bond acceptors (Lipinski definition) is 4. The lowest BCUT2D eigenvalue weighted by Crippen LogP contribution is -2.24. The molecule has 0 aliphatic carbocycles. The van der Waals surface area contributed by atoms with Gasteiger partial charge in [-0.2, -0.15) is 0 Å². The number of benzene rings is 2. The lowest BCUT2D eigenvalue weighted by atomic mass is 10.1. The van der Waals surface area contributed by atoms with Gasteiger partial charge in [-0.1, -0.05) is 18.2 Å². The molecule has 0 spiro atoms. The summed E-state index contributed by atoms with van der Waals surface area (Å²) >= 11 is 0. The summed E-state index contributed by atoms with van der Waals surface area (Å²) in [6.45, 7) is 1.67. The summed E-state index contributed by atoms with van der Waals surface area (Å²) in [4.78, 5) is 12.1. The molecule has 1 amide bonds. The molecule has 3 rings (SSSR count). The van der Waals surface area contributed by atoms with Crippen LogP contribution in [0.2, 0.25) is 0 Å². The number of hydrogen-bond donors (Lipinski definition) is 1. The molecule has 0 radical (unpaired) electrons. The van der Waals surface area contributed by atoms with E-state index in [4.69, 9.17) is 14.2 Å². The summed E-state index contributed by atoms with van der Waals surface area (Å²) in [6.07, 6.45) is 2.43. The Morgan fingerprint density at radius 3 is 2.67 bits per heavy atom. The second kappa shape index (κ2) is 9.37. The van der Waals surface area contributed by atoms with Crippen molar-refractivity contribution in [3.05, 3.63) is 59.4 Å². The van der Waals surface area contributed by atoms with Gasteiger partial charge in [0.05, 0.1) is 19.6 Å². The first-order valence-electron chi connectivity index (χ1n) is 9.06. The van der Waals surface area contributed by atoms with Gasteiger partial charge in [-0.15, -0.1) is 0 Å². The van der Waals surface area contributed by atoms with Crippen molar-refractivity contribution in [2.45, 2.75) is 31.9 Å². The van der Waals surface area contributed by atoms with Gasteiger partial charge in [0, 0.05) is 13.2 Å². The van der Waals surface area contributed by atoms with Gasteiger partial charge in [0.15, 0.2) is 11.5 Å². The first kappa shape index (κ1) is 19.2. The number of ether oxygens (including phenoxy) is 3. The van der Waals surface area contributed by atoms with Crippen LogP contribution in [0.5, 0.6) is 11.5 Å². The highest BCUT2D eigenvalue weighted by molar-refractivity contribution is 5.78. The van der Waals surface area contributed by atoms with E-state index in [1.807, 2.05) is 18.2 Å². The zero-order valence-corrected chi connectivity index (χ0v) is 15.4. The summed E-state index contributed by atoms with van der Waals surface area (Å²) in [7, 11) is 1.59. The quantitative estimate of drug-likeness (QED) is 0.772. The highest BCUT2D eigenvalue weighted by Crippen LogP contribution is 2.29. The van der Waals surface area contributed by atoms with Gasteiger partial charge < -0.3 is 19.5 Å². The van der Waals surface area contributed by atoms with Gasteiger partial charge in [0.2, 0.25) is 5.91 Å². The molecule has 0 aromatic heterocycles. The largest absolute Gasteiger partial charge is 0.493 e. The highest BCUT2D eigenvalue weighted by atomic mass is 19.1. The fraction of sp³-hybridized carbons (Fsp3) is 0.381. The number of nitrogens with one attached hydrogen (secondary N) is 1. The molecule has 1 atom stereocenters. The van der Waals surface area contributed by atoms with Crippen molar-refractivity contribution in [3.63, 3.8) is 0 Å². The number of rotatable bonds is 8. The molecule has 1 aliphatic rings. The van der Waals surface area contributed by atoms with Crippen LogP contribution in [0.3, 0.4) is 0 Å².